The van der Waals surface area contributed by atoms with Crippen LogP contribution in [0.3, 0.4) is 0 Å². The fraction of sp³-hybridized carbons (Fsp3) is 0.556. The van der Waals surface area contributed by atoms with Crippen molar-refractivity contribution in [2.45, 2.75) is 280 Å². The zero-order chi connectivity index (χ0) is 89.8. The maximum absolute atomic E-state index is 15.8. The minimum Gasteiger partial charge on any atom is -0.370 e. The molecule has 124 heavy (non-hydrogen) atoms. The van der Waals surface area contributed by atoms with Crippen LogP contribution in [-0.4, -0.2) is 258 Å². The molecule has 7 saturated heterocycles. The van der Waals surface area contributed by atoms with Crippen molar-refractivity contribution in [1.29, 1.82) is 0 Å². The molecule has 0 radical (unpaired) electrons. The smallest absolute Gasteiger partial charge is 0.248 e. The number of amides is 16. The van der Waals surface area contributed by atoms with Gasteiger partial charge in [-0.2, -0.15) is 0 Å². The molecule has 0 unspecified atom stereocenters. The molecule has 34 nitrogen and oxygen atoms in total. The highest BCUT2D eigenvalue weighted by molar-refractivity contribution is 6.03. The van der Waals surface area contributed by atoms with Gasteiger partial charge in [-0.1, -0.05) is 162 Å². The minimum atomic E-state index is -1.69. The third-order valence-electron chi connectivity index (χ3n) is 25.1. The van der Waals surface area contributed by atoms with E-state index in [-0.39, 0.29) is 103 Å². The molecule has 7 heterocycles. The Kier molecular flexibility index (Phi) is 30.6. The second-order valence-corrected chi connectivity index (χ2v) is 34.8. The largest absolute Gasteiger partial charge is 0.370 e. The average molecular weight is 1710 g/mol. The van der Waals surface area contributed by atoms with Gasteiger partial charge in [0, 0.05) is 51.9 Å². The van der Waals surface area contributed by atoms with Gasteiger partial charge < -0.3 is 83.1 Å². The van der Waals surface area contributed by atoms with E-state index in [9.17, 15) is 9.59 Å². The molecule has 11 rings (SSSR count). The summed E-state index contributed by atoms with van der Waals surface area (Å²) in [6.45, 7) is 16.3. The van der Waals surface area contributed by atoms with E-state index in [4.69, 9.17) is 20.9 Å². The van der Waals surface area contributed by atoms with Gasteiger partial charge >= 0.3 is 0 Å². The van der Waals surface area contributed by atoms with Gasteiger partial charge in [-0.05, 0) is 127 Å². The molecule has 0 spiro atoms. The van der Waals surface area contributed by atoms with Gasteiger partial charge in [0.25, 0.3) is 0 Å². The number of carbonyl (C=O) groups excluding carboxylic acids is 16. The summed E-state index contributed by atoms with van der Waals surface area (Å²) in [7, 11) is 0. The number of nitrogens with one attached hydrogen (secondary N) is 8. The number of rotatable bonds is 16. The van der Waals surface area contributed by atoms with Crippen molar-refractivity contribution in [3.63, 3.8) is 0 Å². The van der Waals surface area contributed by atoms with E-state index in [0.29, 0.717) is 35.1 Å². The van der Waals surface area contributed by atoms with Gasteiger partial charge in [0.2, 0.25) is 94.5 Å². The molecule has 16 amide bonds. The Morgan fingerprint density at radius 2 is 0.589 bits per heavy atom. The van der Waals surface area contributed by atoms with E-state index in [2.05, 4.69) is 42.5 Å². The normalized spacial score (nSPS) is 29.4. The van der Waals surface area contributed by atoms with Crippen LogP contribution >= 0.6 is 0 Å². The SMILES string of the molecule is CC[C@H](C)[C@@H]1NC(=O)[C@@H]2[C@@H](C)OC(C)(C)N2C(=O)[C@H](Cc2ccccc2)NC(=O)[C@@H]2CCCN2C(=O)[C@H](CC(N)=O)NC(=O)[C@@H]2CCCN2C(=O)[C@H](Cc2ccccc2)NC(=O)[C@H]([C@@H](C)CC)NC(=O)[C@@H]2[C@@H](C)OC(C)(C)N2C(=O)[C@H](Cc2ccccc2)NC(=O)[C@@H]2CCCN2C(=O)[C@H](CC(N)=O)NC(=O)[C@@H]2CCCN2C(=O)[C@H](Cc2ccccc2)NC1=O. The Bertz CT molecular complexity index is 4320. The lowest BCUT2D eigenvalue weighted by Crippen LogP contribution is -2.64. The summed E-state index contributed by atoms with van der Waals surface area (Å²) in [4.78, 5) is 248. The van der Waals surface area contributed by atoms with E-state index in [1.54, 1.807) is 191 Å². The average Bonchev–Trinajstić information content (AvgIpc) is 1.61. The van der Waals surface area contributed by atoms with Crippen LogP contribution in [0.2, 0.25) is 0 Å². The summed E-state index contributed by atoms with van der Waals surface area (Å²) in [6, 6.07) is 14.6. The molecule has 12 N–H and O–H groups in total. The number of nitrogens with zero attached hydrogens (tertiary/aromatic N) is 6. The van der Waals surface area contributed by atoms with Crippen molar-refractivity contribution < 1.29 is 86.2 Å². The Morgan fingerprint density at radius 3 is 0.839 bits per heavy atom. The lowest BCUT2D eigenvalue weighted by atomic mass is 9.96. The number of nitrogens with two attached hydrogens (primary N) is 2. The molecule has 0 saturated carbocycles. The number of fused-ring (bicyclic) bond motifs is 6. The zero-order valence-corrected chi connectivity index (χ0v) is 72.3. The summed E-state index contributed by atoms with van der Waals surface area (Å²) in [5.41, 5.74) is 10.9. The second-order valence-electron chi connectivity index (χ2n) is 34.8. The quantitative estimate of drug-likeness (QED) is 0.0757. The van der Waals surface area contributed by atoms with Crippen LogP contribution in [-0.2, 0) is 112 Å². The first kappa shape index (κ1) is 93.0. The summed E-state index contributed by atoms with van der Waals surface area (Å²) in [5, 5.41) is 22.8. The van der Waals surface area contributed by atoms with E-state index in [1.807, 2.05) is 0 Å². The van der Waals surface area contributed by atoms with Gasteiger partial charge in [0.15, 0.2) is 0 Å². The standard InChI is InChI=1S/C90H120N16O18/c1-11-51(3)71-79(113)97-59(45-55-29-17-13-18-30-55)83(117)101-41-25-39-67(101)77(111)95-63(49-69(91)107)85(119)104-44-28-38-66(104)76(110)94-62(48-58-35-23-16-24-36-58)88(122)106-74(54(6)124-90(106,9)10)82(116)100-72(52(4)12-2)80(114)98-60(46-56-31-19-14-20-32-56)84(118)102-42-26-40-68(102)78(112)96-64(50-70(92)108)86(120)103-43-27-37-65(103)75(109)93-61(47-57-33-21-15-22-34-57)87(121)105-73(81(115)99-71)53(5)123-89(105,7)8/h13-24,29-36,51-54,59-68,71-74H,11-12,25-28,37-50H2,1-10H3,(H2,91,107)(H2,92,108)(H,93,109)(H,94,110)(H,95,111)(H,96,112)(H,97,113)(H,98,114)(H,99,115)(H,100,116)/t51-,52-,53+,54+,59-,60-,61-,62-,63-,64-,65-,66-,67-,68-,71-,72-,73-,74-/m0/s1. The first-order chi connectivity index (χ1) is 59.0. The molecule has 4 aromatic carbocycles. The molecule has 18 atom stereocenters. The highest BCUT2D eigenvalue weighted by atomic mass is 16.5. The van der Waals surface area contributed by atoms with E-state index in [1.165, 1.54) is 29.4 Å². The third kappa shape index (κ3) is 21.7. The zero-order valence-electron chi connectivity index (χ0n) is 72.3. The van der Waals surface area contributed by atoms with Crippen molar-refractivity contribution in [3.8, 4) is 0 Å². The number of benzene rings is 4. The predicted octanol–water partition coefficient (Wildman–Crippen LogP) is 1.36. The van der Waals surface area contributed by atoms with Crippen molar-refractivity contribution >= 4 is 94.5 Å². The summed E-state index contributed by atoms with van der Waals surface area (Å²) < 4.78 is 12.9. The van der Waals surface area contributed by atoms with Crippen LogP contribution in [0.1, 0.15) is 169 Å². The van der Waals surface area contributed by atoms with Crippen molar-refractivity contribution in [1.82, 2.24) is 71.9 Å². The minimum absolute atomic E-state index is 0.00630. The van der Waals surface area contributed by atoms with Crippen LogP contribution in [0.5, 0.6) is 0 Å². The second kappa shape index (κ2) is 40.8. The monoisotopic (exact) mass is 1710 g/mol. The molecule has 4 aromatic rings. The van der Waals surface area contributed by atoms with Crippen LogP contribution in [0, 0.1) is 11.8 Å². The highest BCUT2D eigenvalue weighted by Gasteiger charge is 2.57. The summed E-state index contributed by atoms with van der Waals surface area (Å²) in [5.74, 6) is -14.7. The Hall–Kier alpha value is -11.7. The van der Waals surface area contributed by atoms with E-state index < -0.39 is 227 Å². The van der Waals surface area contributed by atoms with Gasteiger partial charge in [0.1, 0.15) is 96.0 Å². The Labute approximate surface area is 722 Å². The number of carbonyl (C=O) groups is 16. The van der Waals surface area contributed by atoms with Gasteiger partial charge in [-0.3, -0.25) is 86.5 Å². The van der Waals surface area contributed by atoms with Crippen LogP contribution in [0.4, 0.5) is 0 Å². The molecular weight excluding hydrogens is 1590 g/mol. The topological polar surface area (TPSA) is 459 Å². The summed E-state index contributed by atoms with van der Waals surface area (Å²) in [6.07, 6.45) is -2.33. The summed E-state index contributed by atoms with van der Waals surface area (Å²) >= 11 is 0. The fourth-order valence-corrected chi connectivity index (χ4v) is 18.5. The Balaban J connectivity index is 0.959. The first-order valence-electron chi connectivity index (χ1n) is 43.4. The lowest BCUT2D eigenvalue weighted by molar-refractivity contribution is -0.154. The third-order valence-corrected chi connectivity index (χ3v) is 25.1. The molecule has 34 heteroatoms. The van der Waals surface area contributed by atoms with Crippen LogP contribution < -0.4 is 54.0 Å². The Morgan fingerprint density at radius 1 is 0.355 bits per heavy atom. The predicted molar refractivity (Wildman–Crippen MR) is 452 cm³/mol. The first-order valence-corrected chi connectivity index (χ1v) is 43.4. The molecule has 0 aliphatic carbocycles. The maximum Gasteiger partial charge on any atom is 0.248 e. The highest BCUT2D eigenvalue weighted by Crippen LogP contribution is 2.37. The van der Waals surface area contributed by atoms with Crippen LogP contribution in [0.15, 0.2) is 121 Å². The molecule has 0 bridgehead atoms. The van der Waals surface area contributed by atoms with Crippen molar-refractivity contribution in [2.24, 2.45) is 23.3 Å². The molecule has 668 valence electrons. The lowest BCUT2D eigenvalue weighted by Gasteiger charge is -2.37. The van der Waals surface area contributed by atoms with Gasteiger partial charge in [-0.15, -0.1) is 0 Å². The van der Waals surface area contributed by atoms with Crippen LogP contribution in [0.25, 0.3) is 0 Å². The van der Waals surface area contributed by atoms with Gasteiger partial charge in [-0.25, -0.2) is 0 Å². The molecule has 7 aliphatic rings. The van der Waals surface area contributed by atoms with Crippen molar-refractivity contribution in [2.75, 3.05) is 26.2 Å². The van der Waals surface area contributed by atoms with Crippen molar-refractivity contribution in [3.05, 3.63) is 144 Å². The number of hydrogen-bond donors (Lipinski definition) is 10. The number of primary amides is 2. The van der Waals surface area contributed by atoms with E-state index >= 15 is 67.1 Å². The molecule has 0 aromatic heterocycles. The number of ether oxygens (including phenoxy) is 2. The molecule has 7 fully saturated rings. The van der Waals surface area contributed by atoms with E-state index in [0.717, 1.165) is 0 Å². The molecular formula is C90H120N16O18. The fourth-order valence-electron chi connectivity index (χ4n) is 18.5. The maximum atomic E-state index is 15.8. The van der Waals surface area contributed by atoms with Gasteiger partial charge in [0.05, 0.1) is 25.0 Å². The molecule has 7 aliphatic heterocycles. The number of hydrogen-bond acceptors (Lipinski definition) is 18.